The first-order valence-corrected chi connectivity index (χ1v) is 7.69. The Morgan fingerprint density at radius 2 is 1.83 bits per heavy atom. The van der Waals surface area contributed by atoms with Crippen molar-refractivity contribution in [1.29, 1.82) is 0 Å². The molecular weight excluding hydrogens is 332 g/mol. The first-order valence-electron chi connectivity index (χ1n) is 7.69. The second-order valence-corrected chi connectivity index (χ2v) is 5.30. The van der Waals surface area contributed by atoms with Crippen molar-refractivity contribution in [2.45, 2.75) is 19.9 Å². The van der Waals surface area contributed by atoms with Crippen LogP contribution in [0.25, 0.3) is 0 Å². The van der Waals surface area contributed by atoms with E-state index in [4.69, 9.17) is 4.74 Å². The van der Waals surface area contributed by atoms with E-state index in [1.54, 1.807) is 31.4 Å². The number of para-hydroxylation sites is 1. The molecule has 0 saturated carbocycles. The molecule has 0 radical (unpaired) electrons. The highest BCUT2D eigenvalue weighted by molar-refractivity contribution is 6.03. The Hall–Kier alpha value is -1.83. The Kier molecular flexibility index (Phi) is 11.6. The Bertz CT molecular complexity index is 512. The van der Waals surface area contributed by atoms with Gasteiger partial charge in [-0.05, 0) is 26.0 Å². The molecule has 3 amide bonds. The van der Waals surface area contributed by atoms with E-state index in [1.165, 1.54) is 0 Å². The Morgan fingerprint density at radius 1 is 1.12 bits per heavy atom. The van der Waals surface area contributed by atoms with Gasteiger partial charge in [-0.25, -0.2) is 4.79 Å². The summed E-state index contributed by atoms with van der Waals surface area (Å²) in [6, 6.07) is 6.60. The van der Waals surface area contributed by atoms with Crippen molar-refractivity contribution in [1.82, 2.24) is 16.0 Å². The van der Waals surface area contributed by atoms with Crippen molar-refractivity contribution in [3.8, 4) is 0 Å². The minimum atomic E-state index is -0.332. The SMILES string of the molecule is COCCNCCNC(=O)c1ccccc1NC(=O)NC(C)C.Cl. The van der Waals surface area contributed by atoms with Crippen LogP contribution in [0, 0.1) is 0 Å². The second-order valence-electron chi connectivity index (χ2n) is 5.30. The molecule has 4 N–H and O–H groups in total. The number of carbonyl (C=O) groups excluding carboxylic acids is 2. The first kappa shape index (κ1) is 22.2. The standard InChI is InChI=1S/C16H26N4O3.ClH/c1-12(2)19-16(22)20-14-7-5-4-6-13(14)15(21)18-9-8-17-10-11-23-3;/h4-7,12,17H,8-11H2,1-3H3,(H,18,21)(H2,19,20,22);1H. The Balaban J connectivity index is 0.00000529. The molecular formula is C16H27ClN4O3. The zero-order valence-electron chi connectivity index (χ0n) is 14.3. The minimum absolute atomic E-state index is 0. The zero-order chi connectivity index (χ0) is 17.1. The number of hydrogen-bond donors (Lipinski definition) is 4. The number of amides is 3. The van der Waals surface area contributed by atoms with E-state index in [-0.39, 0.29) is 30.4 Å². The van der Waals surface area contributed by atoms with E-state index in [0.717, 1.165) is 6.54 Å². The van der Waals surface area contributed by atoms with Gasteiger partial charge in [0.2, 0.25) is 0 Å². The normalized spacial score (nSPS) is 10.0. The van der Waals surface area contributed by atoms with Crippen molar-refractivity contribution < 1.29 is 14.3 Å². The number of urea groups is 1. The van der Waals surface area contributed by atoms with Crippen molar-refractivity contribution in [3.63, 3.8) is 0 Å². The molecule has 0 spiro atoms. The molecule has 24 heavy (non-hydrogen) atoms. The van der Waals surface area contributed by atoms with Gasteiger partial charge in [-0.3, -0.25) is 4.79 Å². The van der Waals surface area contributed by atoms with E-state index in [1.807, 2.05) is 13.8 Å². The van der Waals surface area contributed by atoms with E-state index < -0.39 is 0 Å². The Labute approximate surface area is 149 Å². The zero-order valence-corrected chi connectivity index (χ0v) is 15.2. The predicted molar refractivity (Wildman–Crippen MR) is 98.1 cm³/mol. The van der Waals surface area contributed by atoms with Crippen LogP contribution in [-0.2, 0) is 4.74 Å². The molecule has 8 heteroatoms. The summed E-state index contributed by atoms with van der Waals surface area (Å²) in [6.07, 6.45) is 0. The number of halogens is 1. The van der Waals surface area contributed by atoms with Crippen LogP contribution in [0.4, 0.5) is 10.5 Å². The smallest absolute Gasteiger partial charge is 0.319 e. The van der Waals surface area contributed by atoms with Gasteiger partial charge in [0.1, 0.15) is 0 Å². The summed E-state index contributed by atoms with van der Waals surface area (Å²) in [5.74, 6) is -0.223. The number of hydrogen-bond acceptors (Lipinski definition) is 4. The molecule has 0 heterocycles. The number of anilines is 1. The molecule has 0 saturated heterocycles. The number of ether oxygens (including phenoxy) is 1. The highest BCUT2D eigenvalue weighted by Gasteiger charge is 2.12. The summed E-state index contributed by atoms with van der Waals surface area (Å²) in [5, 5.41) is 11.4. The molecule has 0 unspecified atom stereocenters. The number of benzene rings is 1. The maximum atomic E-state index is 12.2. The third-order valence-corrected chi connectivity index (χ3v) is 2.91. The largest absolute Gasteiger partial charge is 0.383 e. The molecule has 0 fully saturated rings. The van der Waals surface area contributed by atoms with Crippen molar-refractivity contribution >= 4 is 30.0 Å². The highest BCUT2D eigenvalue weighted by Crippen LogP contribution is 2.14. The summed E-state index contributed by atoms with van der Waals surface area (Å²) in [6.45, 7) is 6.25. The van der Waals surface area contributed by atoms with Gasteiger partial charge in [-0.2, -0.15) is 0 Å². The summed E-state index contributed by atoms with van der Waals surface area (Å²) < 4.78 is 4.92. The van der Waals surface area contributed by atoms with Gasteiger partial charge in [0.05, 0.1) is 17.9 Å². The molecule has 7 nitrogen and oxygen atoms in total. The fraction of sp³-hybridized carbons (Fsp3) is 0.500. The number of nitrogens with one attached hydrogen (secondary N) is 4. The van der Waals surface area contributed by atoms with Crippen LogP contribution >= 0.6 is 12.4 Å². The van der Waals surface area contributed by atoms with Crippen molar-refractivity contribution in [3.05, 3.63) is 29.8 Å². The molecule has 1 aromatic rings. The quantitative estimate of drug-likeness (QED) is 0.505. The van der Waals surface area contributed by atoms with Gasteiger partial charge < -0.3 is 26.0 Å². The predicted octanol–water partition coefficient (Wildman–Crippen LogP) is 1.60. The Morgan fingerprint density at radius 3 is 2.50 bits per heavy atom. The average molecular weight is 359 g/mol. The first-order chi connectivity index (χ1) is 11.0. The van der Waals surface area contributed by atoms with Gasteiger partial charge in [0.25, 0.3) is 5.91 Å². The monoisotopic (exact) mass is 358 g/mol. The molecule has 0 aliphatic rings. The third kappa shape index (κ3) is 8.71. The molecule has 0 bridgehead atoms. The molecule has 0 atom stereocenters. The van der Waals surface area contributed by atoms with Gasteiger partial charge >= 0.3 is 6.03 Å². The van der Waals surface area contributed by atoms with Gasteiger partial charge in [-0.1, -0.05) is 12.1 Å². The lowest BCUT2D eigenvalue weighted by molar-refractivity contribution is 0.0954. The molecule has 0 aliphatic carbocycles. The van der Waals surface area contributed by atoms with Gasteiger partial charge in [0, 0.05) is 32.8 Å². The van der Waals surface area contributed by atoms with Crippen LogP contribution in [0.15, 0.2) is 24.3 Å². The number of methoxy groups -OCH3 is 1. The third-order valence-electron chi connectivity index (χ3n) is 2.91. The number of carbonyl (C=O) groups is 2. The molecule has 0 aliphatic heterocycles. The van der Waals surface area contributed by atoms with Crippen LogP contribution in [0.1, 0.15) is 24.2 Å². The van der Waals surface area contributed by atoms with Crippen LogP contribution in [-0.4, -0.2) is 51.3 Å². The fourth-order valence-electron chi connectivity index (χ4n) is 1.87. The van der Waals surface area contributed by atoms with Crippen molar-refractivity contribution in [2.75, 3.05) is 38.7 Å². The minimum Gasteiger partial charge on any atom is -0.383 e. The number of rotatable bonds is 9. The van der Waals surface area contributed by atoms with Crippen LogP contribution in [0.3, 0.4) is 0 Å². The van der Waals surface area contributed by atoms with Crippen LogP contribution in [0.5, 0.6) is 0 Å². The lowest BCUT2D eigenvalue weighted by Crippen LogP contribution is -2.36. The maximum absolute atomic E-state index is 12.2. The second kappa shape index (κ2) is 12.6. The van der Waals surface area contributed by atoms with Crippen LogP contribution in [0.2, 0.25) is 0 Å². The fourth-order valence-corrected chi connectivity index (χ4v) is 1.87. The molecule has 136 valence electrons. The summed E-state index contributed by atoms with van der Waals surface area (Å²) in [5.41, 5.74) is 0.916. The topological polar surface area (TPSA) is 91.5 Å². The highest BCUT2D eigenvalue weighted by atomic mass is 35.5. The van der Waals surface area contributed by atoms with E-state index >= 15 is 0 Å². The summed E-state index contributed by atoms with van der Waals surface area (Å²) in [7, 11) is 1.64. The molecule has 0 aromatic heterocycles. The van der Waals surface area contributed by atoms with E-state index in [0.29, 0.717) is 30.9 Å². The molecule has 1 aromatic carbocycles. The average Bonchev–Trinajstić information content (AvgIpc) is 2.50. The maximum Gasteiger partial charge on any atom is 0.319 e. The van der Waals surface area contributed by atoms with Crippen molar-refractivity contribution in [2.24, 2.45) is 0 Å². The lowest BCUT2D eigenvalue weighted by Gasteiger charge is -2.13. The molecule has 1 rings (SSSR count). The van der Waals surface area contributed by atoms with Gasteiger partial charge in [0.15, 0.2) is 0 Å². The van der Waals surface area contributed by atoms with E-state index in [9.17, 15) is 9.59 Å². The summed E-state index contributed by atoms with van der Waals surface area (Å²) >= 11 is 0. The van der Waals surface area contributed by atoms with E-state index in [2.05, 4.69) is 21.3 Å². The van der Waals surface area contributed by atoms with Gasteiger partial charge in [-0.15, -0.1) is 12.4 Å². The van der Waals surface area contributed by atoms with Crippen LogP contribution < -0.4 is 21.3 Å². The lowest BCUT2D eigenvalue weighted by atomic mass is 10.1. The summed E-state index contributed by atoms with van der Waals surface area (Å²) in [4.78, 5) is 24.0.